The highest BCUT2D eigenvalue weighted by molar-refractivity contribution is 5.98. The van der Waals surface area contributed by atoms with Gasteiger partial charge in [-0.05, 0) is 12.0 Å². The number of phenols is 1. The summed E-state index contributed by atoms with van der Waals surface area (Å²) in [5.74, 6) is -0.984. The lowest BCUT2D eigenvalue weighted by atomic mass is 9.99. The number of amides is 1. The molecule has 0 spiro atoms. The molecule has 0 aliphatic rings. The van der Waals surface area contributed by atoms with Crippen LogP contribution in [0.25, 0.3) is 0 Å². The van der Waals surface area contributed by atoms with Crippen molar-refractivity contribution in [2.24, 2.45) is 11.7 Å². The second-order valence-corrected chi connectivity index (χ2v) is 4.33. The SMILES string of the molecule is CCC(C)C(N)C(=O)Nc1c(O)cccc1[N+](=O)[O-]. The monoisotopic (exact) mass is 267 g/mol. The van der Waals surface area contributed by atoms with Crippen LogP contribution in [0.5, 0.6) is 5.75 Å². The minimum absolute atomic E-state index is 0.0649. The lowest BCUT2D eigenvalue weighted by Gasteiger charge is -2.18. The number of nitrogens with two attached hydrogens (primary N) is 1. The average molecular weight is 267 g/mol. The fourth-order valence-electron chi connectivity index (χ4n) is 1.53. The smallest absolute Gasteiger partial charge is 0.296 e. The third-order valence-corrected chi connectivity index (χ3v) is 3.03. The molecule has 7 nitrogen and oxygen atoms in total. The van der Waals surface area contributed by atoms with Gasteiger partial charge in [-0.3, -0.25) is 14.9 Å². The number of rotatable bonds is 5. The van der Waals surface area contributed by atoms with Crippen LogP contribution in [0.15, 0.2) is 18.2 Å². The zero-order valence-corrected chi connectivity index (χ0v) is 10.8. The van der Waals surface area contributed by atoms with E-state index in [2.05, 4.69) is 5.32 Å². The van der Waals surface area contributed by atoms with E-state index in [1.165, 1.54) is 18.2 Å². The minimum atomic E-state index is -0.788. The molecule has 1 amide bonds. The molecule has 1 rings (SSSR count). The van der Waals surface area contributed by atoms with E-state index < -0.39 is 16.9 Å². The molecule has 2 unspecified atom stereocenters. The van der Waals surface area contributed by atoms with Crippen LogP contribution in [0.1, 0.15) is 20.3 Å². The molecule has 4 N–H and O–H groups in total. The molecule has 1 aromatic carbocycles. The first-order chi connectivity index (χ1) is 8.88. The summed E-state index contributed by atoms with van der Waals surface area (Å²) in [6.07, 6.45) is 0.706. The topological polar surface area (TPSA) is 118 Å². The summed E-state index contributed by atoms with van der Waals surface area (Å²) in [6.45, 7) is 3.70. The zero-order chi connectivity index (χ0) is 14.6. The molecule has 0 saturated carbocycles. The molecule has 0 radical (unpaired) electrons. The number of hydrogen-bond acceptors (Lipinski definition) is 5. The highest BCUT2D eigenvalue weighted by atomic mass is 16.6. The van der Waals surface area contributed by atoms with Gasteiger partial charge in [0.05, 0.1) is 11.0 Å². The van der Waals surface area contributed by atoms with Crippen LogP contribution in [0, 0.1) is 16.0 Å². The van der Waals surface area contributed by atoms with Crippen LogP contribution in [0.2, 0.25) is 0 Å². The molecule has 104 valence electrons. The van der Waals surface area contributed by atoms with Gasteiger partial charge >= 0.3 is 0 Å². The van der Waals surface area contributed by atoms with E-state index in [1.807, 2.05) is 13.8 Å². The average Bonchev–Trinajstić information content (AvgIpc) is 2.38. The van der Waals surface area contributed by atoms with Crippen molar-refractivity contribution in [3.05, 3.63) is 28.3 Å². The maximum Gasteiger partial charge on any atom is 0.296 e. The second kappa shape index (κ2) is 6.14. The molecule has 0 aliphatic heterocycles. The van der Waals surface area contributed by atoms with Crippen molar-refractivity contribution >= 4 is 17.3 Å². The Kier molecular flexibility index (Phi) is 4.82. The summed E-state index contributed by atoms with van der Waals surface area (Å²) >= 11 is 0. The van der Waals surface area contributed by atoms with Crippen LogP contribution in [0.4, 0.5) is 11.4 Å². The van der Waals surface area contributed by atoms with Crippen molar-refractivity contribution in [3.8, 4) is 5.75 Å². The number of carbonyl (C=O) groups is 1. The number of benzene rings is 1. The van der Waals surface area contributed by atoms with Crippen molar-refractivity contribution in [3.63, 3.8) is 0 Å². The number of nitro benzene ring substituents is 1. The Hall–Kier alpha value is -2.15. The van der Waals surface area contributed by atoms with E-state index in [0.717, 1.165) is 0 Å². The third kappa shape index (κ3) is 3.41. The van der Waals surface area contributed by atoms with Crippen LogP contribution < -0.4 is 11.1 Å². The molecule has 2 atom stereocenters. The van der Waals surface area contributed by atoms with Gasteiger partial charge in [0, 0.05) is 6.07 Å². The van der Waals surface area contributed by atoms with Crippen LogP contribution in [-0.2, 0) is 4.79 Å². The molecule has 0 bridgehead atoms. The molecule has 19 heavy (non-hydrogen) atoms. The summed E-state index contributed by atoms with van der Waals surface area (Å²) < 4.78 is 0. The van der Waals surface area contributed by atoms with E-state index in [-0.39, 0.29) is 23.0 Å². The Morgan fingerprint density at radius 3 is 2.74 bits per heavy atom. The van der Waals surface area contributed by atoms with Crippen LogP contribution in [0.3, 0.4) is 0 Å². The Morgan fingerprint density at radius 1 is 1.58 bits per heavy atom. The fraction of sp³-hybridized carbons (Fsp3) is 0.417. The Balaban J connectivity index is 2.99. The largest absolute Gasteiger partial charge is 0.505 e. The maximum atomic E-state index is 11.9. The van der Waals surface area contributed by atoms with E-state index >= 15 is 0 Å². The number of nitrogens with one attached hydrogen (secondary N) is 1. The van der Waals surface area contributed by atoms with Crippen molar-refractivity contribution < 1.29 is 14.8 Å². The first-order valence-electron chi connectivity index (χ1n) is 5.91. The van der Waals surface area contributed by atoms with Gasteiger partial charge < -0.3 is 16.2 Å². The van der Waals surface area contributed by atoms with Crippen LogP contribution >= 0.6 is 0 Å². The molecule has 0 aromatic heterocycles. The first kappa shape index (κ1) is 14.9. The predicted molar refractivity (Wildman–Crippen MR) is 70.8 cm³/mol. The maximum absolute atomic E-state index is 11.9. The summed E-state index contributed by atoms with van der Waals surface area (Å²) in [6, 6.07) is 3.00. The highest BCUT2D eigenvalue weighted by Crippen LogP contribution is 2.33. The molecule has 0 heterocycles. The lowest BCUT2D eigenvalue weighted by Crippen LogP contribution is -2.40. The van der Waals surface area contributed by atoms with Gasteiger partial charge in [0.15, 0.2) is 5.69 Å². The molecule has 1 aromatic rings. The zero-order valence-electron chi connectivity index (χ0n) is 10.8. The summed E-state index contributed by atoms with van der Waals surface area (Å²) in [5.41, 5.74) is 5.14. The Morgan fingerprint density at radius 2 is 2.21 bits per heavy atom. The van der Waals surface area contributed by atoms with Gasteiger partial charge in [-0.2, -0.15) is 0 Å². The molecule has 7 heteroatoms. The van der Waals surface area contributed by atoms with Crippen molar-refractivity contribution in [1.29, 1.82) is 0 Å². The Labute approximate surface area is 110 Å². The van der Waals surface area contributed by atoms with E-state index in [4.69, 9.17) is 5.73 Å². The predicted octanol–water partition coefficient (Wildman–Crippen LogP) is 1.61. The van der Waals surface area contributed by atoms with Crippen molar-refractivity contribution in [2.45, 2.75) is 26.3 Å². The number of anilines is 1. The van der Waals surface area contributed by atoms with Crippen molar-refractivity contribution in [1.82, 2.24) is 0 Å². The van der Waals surface area contributed by atoms with Gasteiger partial charge in [0.2, 0.25) is 5.91 Å². The number of hydrogen-bond donors (Lipinski definition) is 3. The lowest BCUT2D eigenvalue weighted by molar-refractivity contribution is -0.384. The van der Waals surface area contributed by atoms with Crippen molar-refractivity contribution in [2.75, 3.05) is 5.32 Å². The van der Waals surface area contributed by atoms with Crippen LogP contribution in [-0.4, -0.2) is 22.0 Å². The molecule has 0 fully saturated rings. The van der Waals surface area contributed by atoms with Gasteiger partial charge in [0.25, 0.3) is 5.69 Å². The van der Waals surface area contributed by atoms with Gasteiger partial charge in [-0.1, -0.05) is 26.3 Å². The molecule has 0 saturated heterocycles. The fourth-order valence-corrected chi connectivity index (χ4v) is 1.53. The Bertz CT molecular complexity index is 490. The van der Waals surface area contributed by atoms with E-state index in [0.29, 0.717) is 6.42 Å². The minimum Gasteiger partial charge on any atom is -0.505 e. The number of para-hydroxylation sites is 1. The van der Waals surface area contributed by atoms with Gasteiger partial charge in [-0.25, -0.2) is 0 Å². The summed E-state index contributed by atoms with van der Waals surface area (Å²) in [4.78, 5) is 22.0. The van der Waals surface area contributed by atoms with E-state index in [1.54, 1.807) is 0 Å². The van der Waals surface area contributed by atoms with E-state index in [9.17, 15) is 20.0 Å². The molecular formula is C12H17N3O4. The first-order valence-corrected chi connectivity index (χ1v) is 5.91. The quantitative estimate of drug-likeness (QED) is 0.425. The normalized spacial score (nSPS) is 13.6. The second-order valence-electron chi connectivity index (χ2n) is 4.33. The number of nitrogens with zero attached hydrogens (tertiary/aromatic N) is 1. The van der Waals surface area contributed by atoms with Gasteiger partial charge in [-0.15, -0.1) is 0 Å². The summed E-state index contributed by atoms with van der Waals surface area (Å²) in [5, 5.41) is 22.8. The highest BCUT2D eigenvalue weighted by Gasteiger charge is 2.24. The standard InChI is InChI=1S/C12H17N3O4/c1-3-7(2)10(13)12(17)14-11-8(15(18)19)5-4-6-9(11)16/h4-7,10,16H,3,13H2,1-2H3,(H,14,17). The number of phenolic OH excluding ortho intramolecular Hbond substituents is 1. The summed E-state index contributed by atoms with van der Waals surface area (Å²) in [7, 11) is 0. The third-order valence-electron chi connectivity index (χ3n) is 3.03. The molecular weight excluding hydrogens is 250 g/mol. The number of nitro groups is 1. The van der Waals surface area contributed by atoms with Gasteiger partial charge in [0.1, 0.15) is 5.75 Å². The number of carbonyl (C=O) groups excluding carboxylic acids is 1. The molecule has 0 aliphatic carbocycles. The number of aromatic hydroxyl groups is 1.